The largest absolute Gasteiger partial charge is 0.496 e. The molecule has 0 aliphatic carbocycles. The highest BCUT2D eigenvalue weighted by Crippen LogP contribution is 2.30. The van der Waals surface area contributed by atoms with Crippen molar-refractivity contribution in [3.63, 3.8) is 0 Å². The van der Waals surface area contributed by atoms with Crippen molar-refractivity contribution in [1.82, 2.24) is 19.9 Å². The van der Waals surface area contributed by atoms with Crippen LogP contribution in [0, 0.1) is 5.82 Å². The van der Waals surface area contributed by atoms with E-state index >= 15 is 0 Å². The molecule has 1 amide bonds. The van der Waals surface area contributed by atoms with Crippen LogP contribution in [0.5, 0.6) is 5.75 Å². The van der Waals surface area contributed by atoms with Crippen LogP contribution < -0.4 is 15.4 Å². The number of amides is 1. The number of halogens is 1. The van der Waals surface area contributed by atoms with Crippen molar-refractivity contribution in [1.29, 1.82) is 0 Å². The second-order valence-electron chi connectivity index (χ2n) is 5.29. The third kappa shape index (κ3) is 3.66. The van der Waals surface area contributed by atoms with E-state index in [1.54, 1.807) is 28.9 Å². The molecule has 2 aromatic heterocycles. The number of ether oxygens (including phenoxy) is 2. The third-order valence-electron chi connectivity index (χ3n) is 3.65. The van der Waals surface area contributed by atoms with Crippen molar-refractivity contribution in [3.8, 4) is 17.0 Å². The first kappa shape index (κ1) is 17.5. The minimum atomic E-state index is -0.495. The first-order chi connectivity index (χ1) is 12.6. The molecule has 2 heterocycles. The Kier molecular flexibility index (Phi) is 5.16. The van der Waals surface area contributed by atoms with E-state index in [1.807, 2.05) is 0 Å². The fourth-order valence-corrected chi connectivity index (χ4v) is 2.43. The zero-order valence-corrected chi connectivity index (χ0v) is 14.3. The number of nitrogens with one attached hydrogen (secondary N) is 2. The number of fused-ring (bicyclic) bond motifs is 1. The van der Waals surface area contributed by atoms with Crippen LogP contribution >= 0.6 is 0 Å². The topological polar surface area (TPSA) is 89.8 Å². The van der Waals surface area contributed by atoms with Crippen LogP contribution in [0.3, 0.4) is 0 Å². The molecule has 2 N–H and O–H groups in total. The quantitative estimate of drug-likeness (QED) is 0.657. The summed E-state index contributed by atoms with van der Waals surface area (Å²) in [6.07, 6.45) is 1.11. The predicted octanol–water partition coefficient (Wildman–Crippen LogP) is 2.31. The van der Waals surface area contributed by atoms with Gasteiger partial charge in [0, 0.05) is 12.6 Å². The Morgan fingerprint density at radius 2 is 2.15 bits per heavy atom. The van der Waals surface area contributed by atoms with Crippen LogP contribution in [0.2, 0.25) is 0 Å². The summed E-state index contributed by atoms with van der Waals surface area (Å²) in [4.78, 5) is 15.3. The number of imidazole rings is 1. The van der Waals surface area contributed by atoms with Gasteiger partial charge >= 0.3 is 6.09 Å². The number of nitrogens with zero attached hydrogens (tertiary/aromatic N) is 3. The summed E-state index contributed by atoms with van der Waals surface area (Å²) in [6, 6.07) is 7.81. The lowest BCUT2D eigenvalue weighted by molar-refractivity contribution is 0.153. The smallest absolute Gasteiger partial charge is 0.406 e. The second kappa shape index (κ2) is 7.68. The van der Waals surface area contributed by atoms with Crippen LogP contribution in [0.25, 0.3) is 16.9 Å². The number of anilines is 1. The first-order valence-electron chi connectivity index (χ1n) is 7.89. The zero-order chi connectivity index (χ0) is 18.5. The lowest BCUT2D eigenvalue weighted by atomic mass is 10.1. The molecular weight excluding hydrogens is 341 g/mol. The maximum Gasteiger partial charge on any atom is 0.406 e. The molecule has 0 aliphatic rings. The average Bonchev–Trinajstić information content (AvgIpc) is 3.08. The Morgan fingerprint density at radius 3 is 2.92 bits per heavy atom. The SMILES string of the molecule is CNC(=O)OCCNc1ccc2ncc(-c3cc(F)ccc3OC)n2n1. The average molecular weight is 359 g/mol. The molecule has 0 saturated carbocycles. The molecule has 3 aromatic rings. The number of carbonyl (C=O) groups is 1. The van der Waals surface area contributed by atoms with E-state index in [0.717, 1.165) is 0 Å². The van der Waals surface area contributed by atoms with E-state index in [4.69, 9.17) is 9.47 Å². The molecule has 1 aromatic carbocycles. The molecule has 3 rings (SSSR count). The van der Waals surface area contributed by atoms with Gasteiger partial charge in [0.25, 0.3) is 0 Å². The number of carbonyl (C=O) groups excluding carboxylic acids is 1. The fraction of sp³-hybridized carbons (Fsp3) is 0.235. The highest BCUT2D eigenvalue weighted by atomic mass is 19.1. The van der Waals surface area contributed by atoms with E-state index in [1.165, 1.54) is 26.3 Å². The van der Waals surface area contributed by atoms with Gasteiger partial charge in [-0.1, -0.05) is 0 Å². The summed E-state index contributed by atoms with van der Waals surface area (Å²) in [5, 5.41) is 9.88. The summed E-state index contributed by atoms with van der Waals surface area (Å²) >= 11 is 0. The lowest BCUT2D eigenvalue weighted by Gasteiger charge is -2.10. The summed E-state index contributed by atoms with van der Waals surface area (Å²) in [7, 11) is 3.01. The predicted molar refractivity (Wildman–Crippen MR) is 93.8 cm³/mol. The minimum absolute atomic E-state index is 0.188. The summed E-state index contributed by atoms with van der Waals surface area (Å²) in [6.45, 7) is 0.577. The molecule has 0 saturated heterocycles. The van der Waals surface area contributed by atoms with Crippen LogP contribution in [-0.2, 0) is 4.74 Å². The van der Waals surface area contributed by atoms with E-state index in [9.17, 15) is 9.18 Å². The molecule has 0 radical (unpaired) electrons. The van der Waals surface area contributed by atoms with Crippen molar-refractivity contribution < 1.29 is 18.7 Å². The number of methoxy groups -OCH3 is 1. The number of benzene rings is 1. The molecule has 9 heteroatoms. The van der Waals surface area contributed by atoms with E-state index < -0.39 is 6.09 Å². The lowest BCUT2D eigenvalue weighted by Crippen LogP contribution is -2.22. The molecule has 0 fully saturated rings. The van der Waals surface area contributed by atoms with E-state index in [2.05, 4.69) is 20.7 Å². The Balaban J connectivity index is 1.85. The normalized spacial score (nSPS) is 10.6. The second-order valence-corrected chi connectivity index (χ2v) is 5.29. The fourth-order valence-electron chi connectivity index (χ4n) is 2.43. The van der Waals surface area contributed by atoms with Crippen molar-refractivity contribution in [2.24, 2.45) is 0 Å². The number of aromatic nitrogens is 3. The van der Waals surface area contributed by atoms with Gasteiger partial charge in [0.2, 0.25) is 0 Å². The summed E-state index contributed by atoms with van der Waals surface area (Å²) in [5.41, 5.74) is 1.76. The summed E-state index contributed by atoms with van der Waals surface area (Å²) < 4.78 is 25.5. The van der Waals surface area contributed by atoms with Crippen LogP contribution in [0.1, 0.15) is 0 Å². The Bertz CT molecular complexity index is 928. The van der Waals surface area contributed by atoms with Gasteiger partial charge in [-0.2, -0.15) is 0 Å². The van der Waals surface area contributed by atoms with Crippen molar-refractivity contribution in [2.45, 2.75) is 0 Å². The Morgan fingerprint density at radius 1 is 1.31 bits per heavy atom. The van der Waals surface area contributed by atoms with Crippen LogP contribution in [0.15, 0.2) is 36.5 Å². The molecule has 0 atom stereocenters. The van der Waals surface area contributed by atoms with Crippen LogP contribution in [-0.4, -0.2) is 48.0 Å². The van der Waals surface area contributed by atoms with Crippen molar-refractivity contribution >= 4 is 17.6 Å². The first-order valence-corrected chi connectivity index (χ1v) is 7.89. The van der Waals surface area contributed by atoms with E-state index in [0.29, 0.717) is 35.0 Å². The monoisotopic (exact) mass is 359 g/mol. The highest BCUT2D eigenvalue weighted by molar-refractivity contribution is 5.70. The molecule has 0 bridgehead atoms. The van der Waals surface area contributed by atoms with Crippen molar-refractivity contribution in [3.05, 3.63) is 42.3 Å². The standard InChI is InChI=1S/C17H18FN5O3/c1-19-17(24)26-8-7-20-15-5-6-16-21-10-13(23(16)22-15)12-9-11(18)3-4-14(12)25-2/h3-6,9-10H,7-8H2,1-2H3,(H,19,24)(H,20,22). The van der Waals surface area contributed by atoms with E-state index in [-0.39, 0.29) is 12.4 Å². The van der Waals surface area contributed by atoms with Gasteiger partial charge in [-0.15, -0.1) is 5.10 Å². The molecule has 136 valence electrons. The number of hydrogen-bond acceptors (Lipinski definition) is 6. The van der Waals surface area contributed by atoms with Gasteiger partial charge in [0.15, 0.2) is 5.65 Å². The van der Waals surface area contributed by atoms with Gasteiger partial charge in [-0.3, -0.25) is 0 Å². The number of alkyl carbamates (subject to hydrolysis) is 1. The highest BCUT2D eigenvalue weighted by Gasteiger charge is 2.13. The summed E-state index contributed by atoms with van der Waals surface area (Å²) in [5.74, 6) is 0.705. The van der Waals surface area contributed by atoms with Gasteiger partial charge in [-0.25, -0.2) is 18.7 Å². The molecule has 0 spiro atoms. The number of hydrogen-bond donors (Lipinski definition) is 2. The van der Waals surface area contributed by atoms with Gasteiger partial charge in [0.05, 0.1) is 25.5 Å². The molecule has 26 heavy (non-hydrogen) atoms. The molecule has 0 aliphatic heterocycles. The van der Waals surface area contributed by atoms with Gasteiger partial charge in [0.1, 0.15) is 24.0 Å². The van der Waals surface area contributed by atoms with Crippen molar-refractivity contribution in [2.75, 3.05) is 32.6 Å². The molecular formula is C17H18FN5O3. The minimum Gasteiger partial charge on any atom is -0.496 e. The van der Waals surface area contributed by atoms with Crippen LogP contribution in [0.4, 0.5) is 15.0 Å². The molecule has 8 nitrogen and oxygen atoms in total. The third-order valence-corrected chi connectivity index (χ3v) is 3.65. The Labute approximate surface area is 148 Å². The maximum absolute atomic E-state index is 13.7. The maximum atomic E-state index is 13.7. The van der Waals surface area contributed by atoms with Gasteiger partial charge in [-0.05, 0) is 30.3 Å². The van der Waals surface area contributed by atoms with Gasteiger partial charge < -0.3 is 20.1 Å². The molecule has 0 unspecified atom stereocenters. The number of rotatable bonds is 6. The zero-order valence-electron chi connectivity index (χ0n) is 14.3. The Hall–Kier alpha value is -3.36.